The third kappa shape index (κ3) is 6.62. The van der Waals surface area contributed by atoms with E-state index >= 15 is 4.79 Å². The molecule has 1 amide bonds. The normalized spacial score (nSPS) is 13.4. The number of benzene rings is 3. The average molecular weight is 771 g/mol. The highest BCUT2D eigenvalue weighted by atomic mass is 35.5. The van der Waals surface area contributed by atoms with Crippen molar-refractivity contribution in [3.63, 3.8) is 0 Å². The summed E-state index contributed by atoms with van der Waals surface area (Å²) < 4.78 is 12.0. The smallest absolute Gasteiger partial charge is 0.336 e. The molecule has 282 valence electrons. The molecule has 0 radical (unpaired) electrons. The Hall–Kier alpha value is -4.84. The van der Waals surface area contributed by atoms with Gasteiger partial charge in [-0.15, -0.1) is 0 Å². The van der Waals surface area contributed by atoms with Crippen molar-refractivity contribution in [1.82, 2.24) is 29.0 Å². The Labute approximate surface area is 324 Å². The van der Waals surface area contributed by atoms with Crippen LogP contribution < -0.4 is 9.64 Å². The lowest BCUT2D eigenvalue weighted by Crippen LogP contribution is -2.32. The summed E-state index contributed by atoms with van der Waals surface area (Å²) in [7, 11) is 5.88. The van der Waals surface area contributed by atoms with Gasteiger partial charge in [0.05, 0.1) is 46.7 Å². The molecule has 0 atom stereocenters. The number of aromatic nitrogens is 5. The highest BCUT2D eigenvalue weighted by molar-refractivity contribution is 6.35. The van der Waals surface area contributed by atoms with Gasteiger partial charge in [-0.25, -0.2) is 4.79 Å². The minimum atomic E-state index is -1.07. The van der Waals surface area contributed by atoms with E-state index in [2.05, 4.69) is 9.67 Å². The lowest BCUT2D eigenvalue weighted by atomic mass is 9.98. The van der Waals surface area contributed by atoms with Crippen LogP contribution in [0.2, 0.25) is 10.0 Å². The maximum atomic E-state index is 15.2. The van der Waals surface area contributed by atoms with E-state index in [-0.39, 0.29) is 11.5 Å². The molecule has 0 fully saturated rings. The molecular weight excluding hydrogens is 725 g/mol. The van der Waals surface area contributed by atoms with Crippen molar-refractivity contribution in [1.29, 1.82) is 0 Å². The van der Waals surface area contributed by atoms with Crippen molar-refractivity contribution in [2.24, 2.45) is 7.05 Å². The van der Waals surface area contributed by atoms with Crippen LogP contribution in [-0.2, 0) is 26.6 Å². The number of carbonyl (C=O) groups excluding carboxylic acids is 1. The Morgan fingerprint density at radius 1 is 1.00 bits per heavy atom. The summed E-state index contributed by atoms with van der Waals surface area (Å²) in [5.41, 5.74) is 9.22. The zero-order valence-corrected chi connectivity index (χ0v) is 33.3. The van der Waals surface area contributed by atoms with Crippen LogP contribution in [-0.4, -0.2) is 79.8 Å². The molecule has 7 rings (SSSR count). The van der Waals surface area contributed by atoms with Crippen LogP contribution in [0.4, 0.5) is 5.69 Å². The van der Waals surface area contributed by atoms with Crippen LogP contribution in [0.25, 0.3) is 32.9 Å². The Balaban J connectivity index is 1.36. The zero-order chi connectivity index (χ0) is 38.6. The van der Waals surface area contributed by atoms with Gasteiger partial charge in [0.2, 0.25) is 0 Å². The fraction of sp³-hybridized carbons (Fsp3) is 0.366. The van der Waals surface area contributed by atoms with Gasteiger partial charge >= 0.3 is 5.97 Å². The average Bonchev–Trinajstić information content (AvgIpc) is 3.71. The molecule has 54 heavy (non-hydrogen) atoms. The number of carboxylic acids is 1. The SMILES string of the molecule is Cc1cc(OCCCc2c3n(c4c(-c5c(C)nn(C)c5C)c(Cl)ccc24)CCCN(c2cc(C(=O)O)c4cnn(CCN(C)C)c4c2)C3=O)cc(C)c1Cl. The molecule has 3 aromatic carbocycles. The number of hydrogen-bond donors (Lipinski definition) is 1. The molecule has 1 aliphatic heterocycles. The number of halogens is 2. The summed E-state index contributed by atoms with van der Waals surface area (Å²) in [6, 6.07) is 11.3. The van der Waals surface area contributed by atoms with Crippen molar-refractivity contribution in [2.45, 2.75) is 60.0 Å². The van der Waals surface area contributed by atoms with Crippen LogP contribution in [0.1, 0.15) is 61.8 Å². The lowest BCUT2D eigenvalue weighted by molar-refractivity contribution is 0.0698. The van der Waals surface area contributed by atoms with Gasteiger partial charge in [-0.1, -0.05) is 29.3 Å². The van der Waals surface area contributed by atoms with Crippen LogP contribution in [0.15, 0.2) is 42.6 Å². The molecule has 4 heterocycles. The summed E-state index contributed by atoms with van der Waals surface area (Å²) in [6.45, 7) is 10.6. The fourth-order valence-electron chi connectivity index (χ4n) is 7.85. The first kappa shape index (κ1) is 37.5. The number of likely N-dealkylation sites (N-methyl/N-ethyl adjacent to an activating group) is 1. The van der Waals surface area contributed by atoms with Gasteiger partial charge in [0.1, 0.15) is 11.4 Å². The lowest BCUT2D eigenvalue weighted by Gasteiger charge is -2.22. The fourth-order valence-corrected chi connectivity index (χ4v) is 8.20. The maximum Gasteiger partial charge on any atom is 0.336 e. The predicted octanol–water partition coefficient (Wildman–Crippen LogP) is 8.25. The van der Waals surface area contributed by atoms with Gasteiger partial charge in [-0.2, -0.15) is 10.2 Å². The molecular formula is C41H45Cl2N7O4. The Morgan fingerprint density at radius 3 is 2.41 bits per heavy atom. The highest BCUT2D eigenvalue weighted by Gasteiger charge is 2.33. The number of aryl methyl sites for hydroxylation is 6. The van der Waals surface area contributed by atoms with Crippen molar-refractivity contribution in [3.05, 3.63) is 92.0 Å². The minimum absolute atomic E-state index is 0.109. The van der Waals surface area contributed by atoms with E-state index in [0.717, 1.165) is 67.4 Å². The van der Waals surface area contributed by atoms with E-state index in [0.29, 0.717) is 72.8 Å². The number of rotatable bonds is 11. The molecule has 0 unspecified atom stereocenters. The van der Waals surface area contributed by atoms with Crippen molar-refractivity contribution in [3.8, 4) is 16.9 Å². The topological polar surface area (TPSA) is 111 Å². The first-order valence-corrected chi connectivity index (χ1v) is 19.0. The summed E-state index contributed by atoms with van der Waals surface area (Å²) >= 11 is 13.5. The number of amides is 1. The Morgan fingerprint density at radius 2 is 1.74 bits per heavy atom. The monoisotopic (exact) mass is 769 g/mol. The number of anilines is 1. The van der Waals surface area contributed by atoms with Gasteiger partial charge in [0.15, 0.2) is 0 Å². The molecule has 11 nitrogen and oxygen atoms in total. The van der Waals surface area contributed by atoms with Gasteiger partial charge in [0.25, 0.3) is 5.91 Å². The van der Waals surface area contributed by atoms with Crippen molar-refractivity contribution < 1.29 is 19.4 Å². The molecule has 0 saturated carbocycles. The molecule has 3 aromatic heterocycles. The van der Waals surface area contributed by atoms with Crippen molar-refractivity contribution >= 4 is 62.6 Å². The number of carboxylic acid groups (broad SMARTS) is 1. The highest BCUT2D eigenvalue weighted by Crippen LogP contribution is 2.43. The number of nitrogens with zero attached hydrogens (tertiary/aromatic N) is 7. The zero-order valence-electron chi connectivity index (χ0n) is 31.8. The second kappa shape index (κ2) is 14.8. The third-order valence-corrected chi connectivity index (χ3v) is 11.5. The van der Waals surface area contributed by atoms with E-state index in [1.54, 1.807) is 17.2 Å². The summed E-state index contributed by atoms with van der Waals surface area (Å²) in [5, 5.41) is 22.4. The van der Waals surface area contributed by atoms with E-state index in [1.165, 1.54) is 0 Å². The van der Waals surface area contributed by atoms with Crippen LogP contribution in [0.5, 0.6) is 5.75 Å². The first-order valence-electron chi connectivity index (χ1n) is 18.2. The molecule has 1 aliphatic rings. The van der Waals surface area contributed by atoms with Gasteiger partial charge in [-0.05, 0) is 108 Å². The number of hydrogen-bond acceptors (Lipinski definition) is 6. The minimum Gasteiger partial charge on any atom is -0.494 e. The van der Waals surface area contributed by atoms with Gasteiger partial charge in [0, 0.05) is 65.0 Å². The second-order valence-electron chi connectivity index (χ2n) is 14.5. The van der Waals surface area contributed by atoms with E-state index in [4.69, 9.17) is 33.0 Å². The summed E-state index contributed by atoms with van der Waals surface area (Å²) in [6.07, 6.45) is 3.44. The quantitative estimate of drug-likeness (QED) is 0.132. The maximum absolute atomic E-state index is 15.2. The molecule has 1 N–H and O–H groups in total. The first-order chi connectivity index (χ1) is 25.8. The summed E-state index contributed by atoms with van der Waals surface area (Å²) in [5.74, 6) is -0.512. The number of fused-ring (bicyclic) bond motifs is 4. The van der Waals surface area contributed by atoms with Crippen LogP contribution in [0, 0.1) is 27.7 Å². The van der Waals surface area contributed by atoms with Gasteiger partial charge in [-0.3, -0.25) is 14.2 Å². The Bertz CT molecular complexity index is 2440. The van der Waals surface area contributed by atoms with Crippen molar-refractivity contribution in [2.75, 3.05) is 38.7 Å². The second-order valence-corrected chi connectivity index (χ2v) is 15.3. The largest absolute Gasteiger partial charge is 0.494 e. The molecule has 0 aliphatic carbocycles. The molecule has 0 saturated heterocycles. The molecule has 0 spiro atoms. The van der Waals surface area contributed by atoms with Crippen LogP contribution in [0.3, 0.4) is 0 Å². The van der Waals surface area contributed by atoms with Gasteiger partial charge < -0.3 is 24.2 Å². The predicted molar refractivity (Wildman–Crippen MR) is 215 cm³/mol. The molecule has 13 heteroatoms. The summed E-state index contributed by atoms with van der Waals surface area (Å²) in [4.78, 5) is 31.5. The Kier molecular flexibility index (Phi) is 10.2. The van der Waals surface area contributed by atoms with E-state index in [1.807, 2.05) is 93.4 Å². The number of carbonyl (C=O) groups is 2. The van der Waals surface area contributed by atoms with E-state index in [9.17, 15) is 9.90 Å². The number of aromatic carboxylic acids is 1. The van der Waals surface area contributed by atoms with E-state index < -0.39 is 5.97 Å². The number of ether oxygens (including phenoxy) is 1. The standard InChI is InChI=1S/C41H45Cl2N7O4/c1-23-18-28(19-24(2)37(23)43)54-17-8-10-29-30-11-12-33(42)36(35-25(3)45-47(7)26(35)4)38(30)49-14-9-13-48(40(51)39(29)49)27-20-31(41(52)53)32-22-44-50(34(32)21-27)16-15-46(5)6/h11-12,18-22H,8-10,13-17H2,1-7H3,(H,52,53). The third-order valence-electron chi connectivity index (χ3n) is 10.5. The molecule has 6 aromatic rings. The molecule has 0 bridgehead atoms. The van der Waals surface area contributed by atoms with Crippen LogP contribution >= 0.6 is 23.2 Å².